The van der Waals surface area contributed by atoms with Gasteiger partial charge in [-0.1, -0.05) is 29.8 Å². The van der Waals surface area contributed by atoms with Crippen LogP contribution in [0.5, 0.6) is 0 Å². The van der Waals surface area contributed by atoms with Gasteiger partial charge in [-0.15, -0.1) is 0 Å². The molecule has 0 atom stereocenters. The van der Waals surface area contributed by atoms with Crippen molar-refractivity contribution in [3.05, 3.63) is 96.2 Å². The normalized spacial score (nSPS) is 10.7. The molecule has 4 aromatic rings. The average Bonchev–Trinajstić information content (AvgIpc) is 3.33. The van der Waals surface area contributed by atoms with Gasteiger partial charge in [0.2, 0.25) is 0 Å². The van der Waals surface area contributed by atoms with Crippen molar-refractivity contribution >= 4 is 11.6 Å². The monoisotopic (exact) mass is 360 g/mol. The van der Waals surface area contributed by atoms with Gasteiger partial charge in [0.15, 0.2) is 5.82 Å². The molecule has 2 heterocycles. The Hall–Kier alpha value is -3.67. The van der Waals surface area contributed by atoms with Gasteiger partial charge in [0.1, 0.15) is 11.4 Å². The zero-order valence-electron chi connectivity index (χ0n) is 14.6. The molecule has 6 heteroatoms. The first-order valence-electron chi connectivity index (χ1n) is 8.48. The summed E-state index contributed by atoms with van der Waals surface area (Å²) in [6.07, 6.45) is 5.16. The molecule has 2 aromatic carbocycles. The SMILES string of the molecule is Cc1ccc(-n2ncc(C(=O)Nc3ccccc3F)c2-n2cccc2)cc1. The number of aryl methyl sites for hydroxylation is 1. The number of rotatable bonds is 4. The topological polar surface area (TPSA) is 51.9 Å². The number of anilines is 1. The first-order valence-corrected chi connectivity index (χ1v) is 8.48. The Morgan fingerprint density at radius 1 is 1.00 bits per heavy atom. The number of aromatic nitrogens is 3. The van der Waals surface area contributed by atoms with Gasteiger partial charge in [-0.2, -0.15) is 5.10 Å². The van der Waals surface area contributed by atoms with Crippen molar-refractivity contribution in [1.29, 1.82) is 0 Å². The number of hydrogen-bond acceptors (Lipinski definition) is 2. The van der Waals surface area contributed by atoms with Gasteiger partial charge < -0.3 is 9.88 Å². The number of halogens is 1. The summed E-state index contributed by atoms with van der Waals surface area (Å²) in [7, 11) is 0. The third-order valence-electron chi connectivity index (χ3n) is 4.24. The minimum Gasteiger partial charge on any atom is -0.319 e. The molecule has 0 radical (unpaired) electrons. The van der Waals surface area contributed by atoms with E-state index in [1.807, 2.05) is 60.3 Å². The van der Waals surface area contributed by atoms with Crippen LogP contribution in [0.25, 0.3) is 11.5 Å². The molecule has 4 rings (SSSR count). The molecule has 0 bridgehead atoms. The molecule has 1 N–H and O–H groups in total. The molecule has 0 saturated heterocycles. The van der Waals surface area contributed by atoms with Gasteiger partial charge in [-0.3, -0.25) is 4.79 Å². The van der Waals surface area contributed by atoms with Crippen molar-refractivity contribution in [2.24, 2.45) is 0 Å². The fraction of sp³-hybridized carbons (Fsp3) is 0.0476. The number of amides is 1. The summed E-state index contributed by atoms with van der Waals surface area (Å²) in [4.78, 5) is 12.8. The number of nitrogens with one attached hydrogen (secondary N) is 1. The van der Waals surface area contributed by atoms with Gasteiger partial charge in [0.05, 0.1) is 17.6 Å². The maximum Gasteiger partial charge on any atom is 0.261 e. The third-order valence-corrected chi connectivity index (χ3v) is 4.24. The summed E-state index contributed by atoms with van der Waals surface area (Å²) in [6, 6.07) is 17.6. The number of hydrogen-bond donors (Lipinski definition) is 1. The molecule has 0 spiro atoms. The predicted molar refractivity (Wildman–Crippen MR) is 102 cm³/mol. The molecule has 27 heavy (non-hydrogen) atoms. The Balaban J connectivity index is 1.78. The van der Waals surface area contributed by atoms with E-state index >= 15 is 0 Å². The number of para-hydroxylation sites is 1. The van der Waals surface area contributed by atoms with Crippen LogP contribution in [0.3, 0.4) is 0 Å². The molecule has 0 saturated carbocycles. The van der Waals surface area contributed by atoms with Crippen molar-refractivity contribution < 1.29 is 9.18 Å². The fourth-order valence-corrected chi connectivity index (χ4v) is 2.85. The van der Waals surface area contributed by atoms with Crippen molar-refractivity contribution in [3.63, 3.8) is 0 Å². The molecular formula is C21H17FN4O. The summed E-state index contributed by atoms with van der Waals surface area (Å²) in [5.74, 6) is -0.334. The van der Waals surface area contributed by atoms with Crippen LogP contribution in [0.15, 0.2) is 79.3 Å². The summed E-state index contributed by atoms with van der Waals surface area (Å²) in [5.41, 5.74) is 2.43. The lowest BCUT2D eigenvalue weighted by Crippen LogP contribution is -2.16. The van der Waals surface area contributed by atoms with E-state index in [-0.39, 0.29) is 5.69 Å². The molecule has 134 valence electrons. The van der Waals surface area contributed by atoms with Crippen molar-refractivity contribution in [2.75, 3.05) is 5.32 Å². The molecule has 0 fully saturated rings. The van der Waals surface area contributed by atoms with E-state index in [0.29, 0.717) is 11.4 Å². The molecular weight excluding hydrogens is 343 g/mol. The van der Waals surface area contributed by atoms with E-state index in [4.69, 9.17) is 0 Å². The minimum absolute atomic E-state index is 0.129. The Kier molecular flexibility index (Phi) is 4.30. The minimum atomic E-state index is -0.487. The predicted octanol–water partition coefficient (Wildman–Crippen LogP) is 4.36. The van der Waals surface area contributed by atoms with Crippen LogP contribution >= 0.6 is 0 Å². The van der Waals surface area contributed by atoms with Crippen LogP contribution in [0.4, 0.5) is 10.1 Å². The van der Waals surface area contributed by atoms with E-state index < -0.39 is 11.7 Å². The van der Waals surface area contributed by atoms with Crippen molar-refractivity contribution in [1.82, 2.24) is 14.3 Å². The van der Waals surface area contributed by atoms with Gasteiger partial charge >= 0.3 is 0 Å². The standard InChI is InChI=1S/C21H17FN4O/c1-15-8-10-16(11-9-15)26-21(25-12-4-5-13-25)17(14-23-26)20(27)24-19-7-3-2-6-18(19)22/h2-14H,1H3,(H,24,27). The van der Waals surface area contributed by atoms with Crippen LogP contribution in [0.1, 0.15) is 15.9 Å². The van der Waals surface area contributed by atoms with Crippen LogP contribution in [-0.2, 0) is 0 Å². The molecule has 0 aliphatic heterocycles. The van der Waals surface area contributed by atoms with Crippen molar-refractivity contribution in [2.45, 2.75) is 6.92 Å². The van der Waals surface area contributed by atoms with Crippen LogP contribution in [0.2, 0.25) is 0 Å². The zero-order chi connectivity index (χ0) is 18.8. The number of benzene rings is 2. The van der Waals surface area contributed by atoms with Crippen LogP contribution in [0, 0.1) is 12.7 Å². The van der Waals surface area contributed by atoms with Gasteiger partial charge in [-0.05, 0) is 43.3 Å². The lowest BCUT2D eigenvalue weighted by atomic mass is 10.2. The molecule has 1 amide bonds. The highest BCUT2D eigenvalue weighted by Gasteiger charge is 2.20. The second-order valence-corrected chi connectivity index (χ2v) is 6.15. The Labute approximate surface area is 155 Å². The molecule has 2 aromatic heterocycles. The van der Waals surface area contributed by atoms with Crippen LogP contribution in [-0.4, -0.2) is 20.3 Å². The maximum atomic E-state index is 13.9. The van der Waals surface area contributed by atoms with E-state index in [1.165, 1.54) is 18.3 Å². The highest BCUT2D eigenvalue weighted by molar-refractivity contribution is 6.06. The van der Waals surface area contributed by atoms with Gasteiger partial charge in [-0.25, -0.2) is 9.07 Å². The third kappa shape index (κ3) is 3.25. The average molecular weight is 360 g/mol. The first kappa shape index (κ1) is 16.8. The summed E-state index contributed by atoms with van der Waals surface area (Å²) in [6.45, 7) is 2.01. The fourth-order valence-electron chi connectivity index (χ4n) is 2.85. The smallest absolute Gasteiger partial charge is 0.261 e. The van der Waals surface area contributed by atoms with E-state index in [0.717, 1.165) is 11.3 Å². The Morgan fingerprint density at radius 2 is 1.70 bits per heavy atom. The van der Waals surface area contributed by atoms with Crippen LogP contribution < -0.4 is 5.32 Å². The molecule has 0 unspecified atom stereocenters. The summed E-state index contributed by atoms with van der Waals surface area (Å²) >= 11 is 0. The quantitative estimate of drug-likeness (QED) is 0.588. The number of nitrogens with zero attached hydrogens (tertiary/aromatic N) is 3. The second-order valence-electron chi connectivity index (χ2n) is 6.15. The largest absolute Gasteiger partial charge is 0.319 e. The Morgan fingerprint density at radius 3 is 2.41 bits per heavy atom. The first-order chi connectivity index (χ1) is 13.1. The summed E-state index contributed by atoms with van der Waals surface area (Å²) in [5, 5.41) is 7.02. The maximum absolute atomic E-state index is 13.9. The zero-order valence-corrected chi connectivity index (χ0v) is 14.6. The highest BCUT2D eigenvalue weighted by atomic mass is 19.1. The molecule has 0 aliphatic rings. The van der Waals surface area contributed by atoms with Gasteiger partial charge in [0.25, 0.3) is 5.91 Å². The van der Waals surface area contributed by atoms with Crippen molar-refractivity contribution in [3.8, 4) is 11.5 Å². The lowest BCUT2D eigenvalue weighted by molar-refractivity contribution is 0.102. The van der Waals surface area contributed by atoms with E-state index in [9.17, 15) is 9.18 Å². The summed E-state index contributed by atoms with van der Waals surface area (Å²) < 4.78 is 17.4. The molecule has 0 aliphatic carbocycles. The lowest BCUT2D eigenvalue weighted by Gasteiger charge is -2.11. The highest BCUT2D eigenvalue weighted by Crippen LogP contribution is 2.22. The number of carbonyl (C=O) groups excluding carboxylic acids is 1. The van der Waals surface area contributed by atoms with E-state index in [2.05, 4.69) is 10.4 Å². The van der Waals surface area contributed by atoms with Gasteiger partial charge in [0, 0.05) is 12.4 Å². The number of carbonyl (C=O) groups is 1. The Bertz CT molecular complexity index is 1080. The van der Waals surface area contributed by atoms with E-state index in [1.54, 1.807) is 16.8 Å². The second kappa shape index (κ2) is 6.92. The molecule has 5 nitrogen and oxygen atoms in total.